The van der Waals surface area contributed by atoms with Gasteiger partial charge in [0.25, 0.3) is 0 Å². The van der Waals surface area contributed by atoms with Crippen molar-refractivity contribution < 1.29 is 13.9 Å². The number of halogens is 1. The number of nitrogens with one attached hydrogen (secondary N) is 1. The fourth-order valence-electron chi connectivity index (χ4n) is 2.93. The standard InChI is InChI=1S/C16H22FNO2/c1-12-5-4-9-16(10-8-12,15(19)20-2)18-14-7-3-6-13(17)11-14/h3,6-7,11-12,18H,4-5,8-10H2,1-2H3. The van der Waals surface area contributed by atoms with Crippen LogP contribution in [-0.2, 0) is 9.53 Å². The van der Waals surface area contributed by atoms with Crippen LogP contribution in [0.15, 0.2) is 24.3 Å². The summed E-state index contributed by atoms with van der Waals surface area (Å²) in [5, 5.41) is 3.23. The van der Waals surface area contributed by atoms with Crippen LogP contribution in [0, 0.1) is 11.7 Å². The van der Waals surface area contributed by atoms with E-state index in [9.17, 15) is 9.18 Å². The fourth-order valence-corrected chi connectivity index (χ4v) is 2.93. The molecule has 1 aliphatic rings. The minimum atomic E-state index is -0.729. The zero-order valence-electron chi connectivity index (χ0n) is 12.1. The molecule has 0 saturated heterocycles. The second-order valence-electron chi connectivity index (χ2n) is 5.75. The van der Waals surface area contributed by atoms with Gasteiger partial charge in [-0.1, -0.05) is 25.8 Å². The first-order valence-electron chi connectivity index (χ1n) is 7.18. The van der Waals surface area contributed by atoms with Crippen molar-refractivity contribution in [3.8, 4) is 0 Å². The number of anilines is 1. The van der Waals surface area contributed by atoms with Crippen molar-refractivity contribution in [1.29, 1.82) is 0 Å². The van der Waals surface area contributed by atoms with Crippen LogP contribution in [0.2, 0.25) is 0 Å². The molecule has 1 aromatic carbocycles. The lowest BCUT2D eigenvalue weighted by atomic mass is 9.89. The normalized spacial score (nSPS) is 26.6. The van der Waals surface area contributed by atoms with Crippen LogP contribution in [-0.4, -0.2) is 18.6 Å². The predicted molar refractivity (Wildman–Crippen MR) is 77.0 cm³/mol. The van der Waals surface area contributed by atoms with Crippen LogP contribution in [0.25, 0.3) is 0 Å². The predicted octanol–water partition coefficient (Wildman–Crippen LogP) is 3.75. The highest BCUT2D eigenvalue weighted by molar-refractivity contribution is 5.84. The van der Waals surface area contributed by atoms with E-state index in [-0.39, 0.29) is 11.8 Å². The lowest BCUT2D eigenvalue weighted by Crippen LogP contribution is -2.47. The number of hydrogen-bond acceptors (Lipinski definition) is 3. The Balaban J connectivity index is 2.25. The second kappa shape index (κ2) is 6.25. The van der Waals surface area contributed by atoms with Gasteiger partial charge in [0.15, 0.2) is 0 Å². The van der Waals surface area contributed by atoms with E-state index in [1.165, 1.54) is 19.2 Å². The molecule has 2 unspecified atom stereocenters. The maximum Gasteiger partial charge on any atom is 0.331 e. The average Bonchev–Trinajstić information content (AvgIpc) is 2.61. The number of carbonyl (C=O) groups excluding carboxylic acids is 1. The van der Waals surface area contributed by atoms with Crippen molar-refractivity contribution in [3.05, 3.63) is 30.1 Å². The van der Waals surface area contributed by atoms with Gasteiger partial charge in [-0.3, -0.25) is 0 Å². The Morgan fingerprint density at radius 3 is 2.90 bits per heavy atom. The summed E-state index contributed by atoms with van der Waals surface area (Å²) in [6, 6.07) is 6.23. The van der Waals surface area contributed by atoms with E-state index < -0.39 is 5.54 Å². The first-order valence-corrected chi connectivity index (χ1v) is 7.18. The summed E-state index contributed by atoms with van der Waals surface area (Å²) in [6.45, 7) is 2.20. The van der Waals surface area contributed by atoms with Crippen LogP contribution >= 0.6 is 0 Å². The van der Waals surface area contributed by atoms with E-state index in [0.29, 0.717) is 11.6 Å². The highest BCUT2D eigenvalue weighted by atomic mass is 19.1. The number of hydrogen-bond donors (Lipinski definition) is 1. The zero-order valence-corrected chi connectivity index (χ0v) is 12.1. The first-order chi connectivity index (χ1) is 9.55. The van der Waals surface area contributed by atoms with Crippen LogP contribution in [0.3, 0.4) is 0 Å². The zero-order chi connectivity index (χ0) is 14.6. The van der Waals surface area contributed by atoms with Crippen molar-refractivity contribution >= 4 is 11.7 Å². The number of esters is 1. The topological polar surface area (TPSA) is 38.3 Å². The molecule has 1 aliphatic carbocycles. The van der Waals surface area contributed by atoms with Crippen LogP contribution in [0.4, 0.5) is 10.1 Å². The monoisotopic (exact) mass is 279 g/mol. The van der Waals surface area contributed by atoms with Gasteiger partial charge in [-0.05, 0) is 43.4 Å². The Hall–Kier alpha value is -1.58. The van der Waals surface area contributed by atoms with Gasteiger partial charge in [0.1, 0.15) is 11.4 Å². The molecule has 110 valence electrons. The highest BCUT2D eigenvalue weighted by Crippen LogP contribution is 2.34. The third-order valence-corrected chi connectivity index (χ3v) is 4.15. The van der Waals surface area contributed by atoms with E-state index in [4.69, 9.17) is 4.74 Å². The lowest BCUT2D eigenvalue weighted by molar-refractivity contribution is -0.146. The van der Waals surface area contributed by atoms with Crippen molar-refractivity contribution in [2.24, 2.45) is 5.92 Å². The third kappa shape index (κ3) is 3.30. The Labute approximate surface area is 119 Å². The number of methoxy groups -OCH3 is 1. The molecule has 3 nitrogen and oxygen atoms in total. The molecule has 1 fully saturated rings. The maximum atomic E-state index is 13.3. The number of ether oxygens (including phenoxy) is 1. The molecular weight excluding hydrogens is 257 g/mol. The van der Waals surface area contributed by atoms with Crippen molar-refractivity contribution in [1.82, 2.24) is 0 Å². The average molecular weight is 279 g/mol. The highest BCUT2D eigenvalue weighted by Gasteiger charge is 2.40. The Kier molecular flexibility index (Phi) is 4.63. The van der Waals surface area contributed by atoms with Crippen LogP contribution in [0.1, 0.15) is 39.0 Å². The minimum absolute atomic E-state index is 0.254. The number of benzene rings is 1. The molecule has 4 heteroatoms. The van der Waals surface area contributed by atoms with Gasteiger partial charge in [-0.2, -0.15) is 0 Å². The van der Waals surface area contributed by atoms with E-state index in [0.717, 1.165) is 32.1 Å². The summed E-state index contributed by atoms with van der Waals surface area (Å²) in [5.41, 5.74) is -0.0993. The van der Waals surface area contributed by atoms with E-state index in [1.54, 1.807) is 12.1 Å². The quantitative estimate of drug-likeness (QED) is 0.676. The number of carbonyl (C=O) groups is 1. The van der Waals surface area contributed by atoms with Gasteiger partial charge in [0.05, 0.1) is 7.11 Å². The molecular formula is C16H22FNO2. The molecule has 0 aliphatic heterocycles. The first kappa shape index (κ1) is 14.8. The molecule has 2 atom stereocenters. The van der Waals surface area contributed by atoms with Crippen molar-refractivity contribution in [3.63, 3.8) is 0 Å². The SMILES string of the molecule is COC(=O)C1(Nc2cccc(F)c2)CCCC(C)CC1. The van der Waals surface area contributed by atoms with Gasteiger partial charge in [0, 0.05) is 5.69 Å². The summed E-state index contributed by atoms with van der Waals surface area (Å²) in [7, 11) is 1.41. The molecule has 0 amide bonds. The molecule has 1 saturated carbocycles. The van der Waals surface area contributed by atoms with Gasteiger partial charge >= 0.3 is 5.97 Å². The molecule has 0 bridgehead atoms. The maximum absolute atomic E-state index is 13.3. The minimum Gasteiger partial charge on any atom is -0.467 e. The Morgan fingerprint density at radius 2 is 2.20 bits per heavy atom. The second-order valence-corrected chi connectivity index (χ2v) is 5.75. The van der Waals surface area contributed by atoms with Crippen molar-refractivity contribution in [2.45, 2.75) is 44.6 Å². The van der Waals surface area contributed by atoms with E-state index in [2.05, 4.69) is 12.2 Å². The molecule has 1 aromatic rings. The fraction of sp³-hybridized carbons (Fsp3) is 0.562. The van der Waals surface area contributed by atoms with Crippen LogP contribution in [0.5, 0.6) is 0 Å². The lowest BCUT2D eigenvalue weighted by Gasteiger charge is -2.32. The summed E-state index contributed by atoms with van der Waals surface area (Å²) >= 11 is 0. The molecule has 0 heterocycles. The number of rotatable bonds is 3. The largest absolute Gasteiger partial charge is 0.467 e. The third-order valence-electron chi connectivity index (χ3n) is 4.15. The molecule has 0 radical (unpaired) electrons. The molecule has 0 spiro atoms. The van der Waals surface area contributed by atoms with Crippen LogP contribution < -0.4 is 5.32 Å². The summed E-state index contributed by atoms with van der Waals surface area (Å²) in [4.78, 5) is 12.3. The summed E-state index contributed by atoms with van der Waals surface area (Å²) < 4.78 is 18.3. The molecule has 2 rings (SSSR count). The van der Waals surface area contributed by atoms with E-state index in [1.807, 2.05) is 0 Å². The Bertz CT molecular complexity index is 477. The summed E-state index contributed by atoms with van der Waals surface area (Å²) in [5.74, 6) is 0.0451. The molecule has 1 N–H and O–H groups in total. The Morgan fingerprint density at radius 1 is 1.40 bits per heavy atom. The van der Waals surface area contributed by atoms with E-state index >= 15 is 0 Å². The smallest absolute Gasteiger partial charge is 0.331 e. The van der Waals surface area contributed by atoms with Crippen molar-refractivity contribution in [2.75, 3.05) is 12.4 Å². The molecule has 20 heavy (non-hydrogen) atoms. The van der Waals surface area contributed by atoms with Gasteiger partial charge in [-0.15, -0.1) is 0 Å². The summed E-state index contributed by atoms with van der Waals surface area (Å²) in [6.07, 6.45) is 4.50. The van der Waals surface area contributed by atoms with Gasteiger partial charge < -0.3 is 10.1 Å². The van der Waals surface area contributed by atoms with Gasteiger partial charge in [-0.25, -0.2) is 9.18 Å². The molecule has 0 aromatic heterocycles. The van der Waals surface area contributed by atoms with Gasteiger partial charge in [0.2, 0.25) is 0 Å².